The third kappa shape index (κ3) is 3.17. The molecular formula is C17H26N4O3. The van der Waals surface area contributed by atoms with Gasteiger partial charge in [-0.2, -0.15) is 5.10 Å². The SMILES string of the molecule is CCn1ccc(C(=O)N2CCC3(COCC(=O)N(C(C)C)C3)C2)n1. The summed E-state index contributed by atoms with van der Waals surface area (Å²) in [6.07, 6.45) is 2.68. The van der Waals surface area contributed by atoms with Crippen molar-refractivity contribution in [1.82, 2.24) is 19.6 Å². The highest BCUT2D eigenvalue weighted by molar-refractivity contribution is 5.92. The fourth-order valence-corrected chi connectivity index (χ4v) is 3.57. The van der Waals surface area contributed by atoms with Crippen LogP contribution in [0.15, 0.2) is 12.3 Å². The molecule has 24 heavy (non-hydrogen) atoms. The molecule has 1 unspecified atom stereocenters. The predicted molar refractivity (Wildman–Crippen MR) is 88.5 cm³/mol. The van der Waals surface area contributed by atoms with Gasteiger partial charge in [0.25, 0.3) is 5.91 Å². The molecule has 2 fully saturated rings. The molecular weight excluding hydrogens is 308 g/mol. The Morgan fingerprint density at radius 2 is 2.21 bits per heavy atom. The topological polar surface area (TPSA) is 67.7 Å². The van der Waals surface area contributed by atoms with E-state index in [1.807, 2.05) is 36.8 Å². The van der Waals surface area contributed by atoms with Gasteiger partial charge in [0.1, 0.15) is 12.3 Å². The number of hydrogen-bond acceptors (Lipinski definition) is 4. The van der Waals surface area contributed by atoms with Crippen molar-refractivity contribution in [3.8, 4) is 0 Å². The lowest BCUT2D eigenvalue weighted by Crippen LogP contribution is -2.46. The van der Waals surface area contributed by atoms with E-state index >= 15 is 0 Å². The molecule has 7 nitrogen and oxygen atoms in total. The molecule has 0 aromatic carbocycles. The van der Waals surface area contributed by atoms with E-state index in [1.54, 1.807) is 10.7 Å². The maximum atomic E-state index is 12.7. The second-order valence-corrected chi connectivity index (χ2v) is 7.14. The van der Waals surface area contributed by atoms with Gasteiger partial charge in [0, 0.05) is 43.8 Å². The van der Waals surface area contributed by atoms with Gasteiger partial charge in [-0.1, -0.05) is 0 Å². The van der Waals surface area contributed by atoms with Gasteiger partial charge >= 0.3 is 0 Å². The first kappa shape index (κ1) is 17.0. The van der Waals surface area contributed by atoms with Crippen LogP contribution in [0.1, 0.15) is 37.7 Å². The number of likely N-dealkylation sites (tertiary alicyclic amines) is 1. The summed E-state index contributed by atoms with van der Waals surface area (Å²) in [4.78, 5) is 28.6. The fraction of sp³-hybridized carbons (Fsp3) is 0.706. The van der Waals surface area contributed by atoms with Crippen LogP contribution in [0.5, 0.6) is 0 Å². The van der Waals surface area contributed by atoms with Crippen LogP contribution in [0.2, 0.25) is 0 Å². The fourth-order valence-electron chi connectivity index (χ4n) is 3.57. The van der Waals surface area contributed by atoms with Crippen molar-refractivity contribution in [2.24, 2.45) is 5.41 Å². The van der Waals surface area contributed by atoms with Gasteiger partial charge in [-0.05, 0) is 33.3 Å². The van der Waals surface area contributed by atoms with E-state index in [0.717, 1.165) is 13.0 Å². The largest absolute Gasteiger partial charge is 0.371 e. The summed E-state index contributed by atoms with van der Waals surface area (Å²) in [6, 6.07) is 1.91. The molecule has 132 valence electrons. The minimum atomic E-state index is -0.167. The van der Waals surface area contributed by atoms with Crippen molar-refractivity contribution in [1.29, 1.82) is 0 Å². The van der Waals surface area contributed by atoms with Crippen LogP contribution in [0.3, 0.4) is 0 Å². The zero-order valence-corrected chi connectivity index (χ0v) is 14.7. The van der Waals surface area contributed by atoms with Gasteiger partial charge in [-0.25, -0.2) is 0 Å². The number of aromatic nitrogens is 2. The summed E-state index contributed by atoms with van der Waals surface area (Å²) in [5.74, 6) is -0.000846. The first-order valence-electron chi connectivity index (χ1n) is 8.64. The van der Waals surface area contributed by atoms with Crippen LogP contribution in [0.25, 0.3) is 0 Å². The minimum absolute atomic E-state index is 0.0355. The number of rotatable bonds is 3. The third-order valence-electron chi connectivity index (χ3n) is 4.99. The van der Waals surface area contributed by atoms with Crippen LogP contribution < -0.4 is 0 Å². The Morgan fingerprint density at radius 1 is 1.42 bits per heavy atom. The maximum absolute atomic E-state index is 12.7. The van der Waals surface area contributed by atoms with E-state index in [1.165, 1.54) is 0 Å². The van der Waals surface area contributed by atoms with Crippen molar-refractivity contribution in [3.05, 3.63) is 18.0 Å². The number of carbonyl (C=O) groups excluding carboxylic acids is 2. The van der Waals surface area contributed by atoms with Crippen LogP contribution in [-0.4, -0.2) is 70.3 Å². The Bertz CT molecular complexity index is 627. The van der Waals surface area contributed by atoms with Crippen molar-refractivity contribution in [3.63, 3.8) is 0 Å². The van der Waals surface area contributed by atoms with Gasteiger partial charge in [0.05, 0.1) is 6.61 Å². The Labute approximate surface area is 142 Å². The number of amides is 2. The normalized spacial score (nSPS) is 24.9. The number of nitrogens with zero attached hydrogens (tertiary/aromatic N) is 4. The quantitative estimate of drug-likeness (QED) is 0.827. The summed E-state index contributed by atoms with van der Waals surface area (Å²) in [5, 5.41) is 4.31. The number of ether oxygens (including phenoxy) is 1. The lowest BCUT2D eigenvalue weighted by molar-refractivity contribution is -0.135. The molecule has 0 N–H and O–H groups in total. The molecule has 2 amide bonds. The molecule has 2 aliphatic heterocycles. The highest BCUT2D eigenvalue weighted by atomic mass is 16.5. The highest BCUT2D eigenvalue weighted by Crippen LogP contribution is 2.34. The molecule has 2 saturated heterocycles. The minimum Gasteiger partial charge on any atom is -0.371 e. The molecule has 1 aromatic heterocycles. The molecule has 0 bridgehead atoms. The lowest BCUT2D eigenvalue weighted by atomic mass is 9.87. The molecule has 7 heteroatoms. The Balaban J connectivity index is 1.73. The van der Waals surface area contributed by atoms with Crippen molar-refractivity contribution in [2.75, 3.05) is 32.8 Å². The second kappa shape index (κ2) is 6.55. The van der Waals surface area contributed by atoms with E-state index in [-0.39, 0.29) is 29.9 Å². The lowest BCUT2D eigenvalue weighted by Gasteiger charge is -2.34. The third-order valence-corrected chi connectivity index (χ3v) is 4.99. The van der Waals surface area contributed by atoms with Gasteiger partial charge in [0.2, 0.25) is 5.91 Å². The molecule has 0 aliphatic carbocycles. The zero-order chi connectivity index (χ0) is 17.3. The van der Waals surface area contributed by atoms with Gasteiger partial charge in [0.15, 0.2) is 0 Å². The van der Waals surface area contributed by atoms with Crippen LogP contribution in [0, 0.1) is 5.41 Å². The standard InChI is InChI=1S/C17H26N4O3/c1-4-20-7-5-14(18-20)16(23)19-8-6-17(10-19)11-21(13(2)3)15(22)9-24-12-17/h5,7,13H,4,6,8-12H2,1-3H3. The first-order chi connectivity index (χ1) is 11.4. The van der Waals surface area contributed by atoms with Gasteiger partial charge in [-0.3, -0.25) is 14.3 Å². The van der Waals surface area contributed by atoms with Crippen molar-refractivity contribution < 1.29 is 14.3 Å². The number of aryl methyl sites for hydroxylation is 1. The molecule has 0 radical (unpaired) electrons. The van der Waals surface area contributed by atoms with Crippen molar-refractivity contribution in [2.45, 2.75) is 39.8 Å². The zero-order valence-electron chi connectivity index (χ0n) is 14.7. The number of hydrogen-bond donors (Lipinski definition) is 0. The van der Waals surface area contributed by atoms with E-state index < -0.39 is 0 Å². The Kier molecular flexibility index (Phi) is 4.62. The number of carbonyl (C=O) groups is 2. The van der Waals surface area contributed by atoms with E-state index in [9.17, 15) is 9.59 Å². The predicted octanol–water partition coefficient (Wildman–Crippen LogP) is 1.00. The molecule has 1 atom stereocenters. The molecule has 0 saturated carbocycles. The summed E-state index contributed by atoms with van der Waals surface area (Å²) in [6.45, 7) is 9.38. The molecule has 2 aliphatic rings. The van der Waals surface area contributed by atoms with Gasteiger partial charge in [-0.15, -0.1) is 0 Å². The summed E-state index contributed by atoms with van der Waals surface area (Å²) in [5.41, 5.74) is 0.319. The van der Waals surface area contributed by atoms with E-state index in [4.69, 9.17) is 4.74 Å². The molecule has 3 rings (SSSR count). The van der Waals surface area contributed by atoms with Crippen LogP contribution in [0.4, 0.5) is 0 Å². The van der Waals surface area contributed by atoms with Crippen LogP contribution >= 0.6 is 0 Å². The van der Waals surface area contributed by atoms with Gasteiger partial charge < -0.3 is 14.5 Å². The average Bonchev–Trinajstić information content (AvgIpc) is 3.15. The van der Waals surface area contributed by atoms with E-state index in [0.29, 0.717) is 31.9 Å². The first-order valence-corrected chi connectivity index (χ1v) is 8.64. The summed E-state index contributed by atoms with van der Waals surface area (Å²) < 4.78 is 7.39. The van der Waals surface area contributed by atoms with Crippen LogP contribution in [-0.2, 0) is 16.1 Å². The maximum Gasteiger partial charge on any atom is 0.274 e. The Morgan fingerprint density at radius 3 is 2.88 bits per heavy atom. The average molecular weight is 334 g/mol. The van der Waals surface area contributed by atoms with Crippen molar-refractivity contribution >= 4 is 11.8 Å². The smallest absolute Gasteiger partial charge is 0.274 e. The molecule has 3 heterocycles. The molecule has 1 spiro atoms. The highest BCUT2D eigenvalue weighted by Gasteiger charge is 2.44. The summed E-state index contributed by atoms with van der Waals surface area (Å²) >= 11 is 0. The monoisotopic (exact) mass is 334 g/mol. The van der Waals surface area contributed by atoms with E-state index in [2.05, 4.69) is 5.10 Å². The summed E-state index contributed by atoms with van der Waals surface area (Å²) in [7, 11) is 0. The molecule has 1 aromatic rings. The second-order valence-electron chi connectivity index (χ2n) is 7.14. The Hall–Kier alpha value is -1.89.